The summed E-state index contributed by atoms with van der Waals surface area (Å²) in [7, 11) is 0. The topological polar surface area (TPSA) is 82.2 Å². The summed E-state index contributed by atoms with van der Waals surface area (Å²) in [6.45, 7) is 10.0. The monoisotopic (exact) mass is 457 g/mol. The highest BCUT2D eigenvalue weighted by Crippen LogP contribution is 2.26. The lowest BCUT2D eigenvalue weighted by atomic mass is 10.2. The van der Waals surface area contributed by atoms with Crippen molar-refractivity contribution in [2.45, 2.75) is 38.3 Å². The molecule has 1 atom stereocenters. The molecule has 0 radical (unpaired) electrons. The molecule has 9 heteroatoms. The van der Waals surface area contributed by atoms with Crippen LogP contribution in [-0.4, -0.2) is 62.1 Å². The van der Waals surface area contributed by atoms with Crippen LogP contribution < -0.4 is 5.56 Å². The Morgan fingerprint density at radius 3 is 2.65 bits per heavy atom. The van der Waals surface area contributed by atoms with Crippen LogP contribution in [0.15, 0.2) is 29.3 Å². The van der Waals surface area contributed by atoms with Crippen LogP contribution in [0.25, 0.3) is 10.2 Å². The smallest absolute Gasteiger partial charge is 0.259 e. The first kappa shape index (κ1) is 22.0. The van der Waals surface area contributed by atoms with Gasteiger partial charge in [0.2, 0.25) is 5.91 Å². The molecular formula is C22H27N5O2S2. The summed E-state index contributed by atoms with van der Waals surface area (Å²) in [5.74, 6) is 1.29. The van der Waals surface area contributed by atoms with Crippen molar-refractivity contribution in [1.29, 1.82) is 0 Å². The third-order valence-corrected chi connectivity index (χ3v) is 7.99. The van der Waals surface area contributed by atoms with E-state index >= 15 is 0 Å². The highest BCUT2D eigenvalue weighted by molar-refractivity contribution is 7.99. The van der Waals surface area contributed by atoms with Crippen LogP contribution >= 0.6 is 23.1 Å². The average Bonchev–Trinajstić information content (AvgIpc) is 3.06. The molecule has 1 aliphatic heterocycles. The highest BCUT2D eigenvalue weighted by Gasteiger charge is 2.25. The number of nitrogens with zero attached hydrogens (tertiary/aromatic N) is 4. The van der Waals surface area contributed by atoms with Gasteiger partial charge in [0, 0.05) is 50.0 Å². The van der Waals surface area contributed by atoms with Gasteiger partial charge in [-0.1, -0.05) is 0 Å². The minimum atomic E-state index is -0.181. The fourth-order valence-corrected chi connectivity index (χ4v) is 5.66. The highest BCUT2D eigenvalue weighted by atomic mass is 32.2. The van der Waals surface area contributed by atoms with Crippen molar-refractivity contribution in [3.8, 4) is 0 Å². The number of nitrogens with one attached hydrogen (secondary N) is 1. The van der Waals surface area contributed by atoms with Gasteiger partial charge in [-0.2, -0.15) is 0 Å². The van der Waals surface area contributed by atoms with Crippen LogP contribution in [0.1, 0.15) is 28.8 Å². The number of rotatable bonds is 6. The number of aryl methyl sites for hydroxylation is 2. The molecule has 3 aromatic rings. The standard InChI is InChI=1S/C22H27N5O2S2/c1-14-15(2)31-21-19(14)20(28)24-18(25-21)13-30-16(3)22(29)27-10-8-26(9-11-27)12-17-4-6-23-7-5-17/h4-7,16H,8-13H2,1-3H3,(H,24,25,28). The Morgan fingerprint density at radius 2 is 1.94 bits per heavy atom. The molecule has 1 fully saturated rings. The molecule has 0 bridgehead atoms. The predicted octanol–water partition coefficient (Wildman–Crippen LogP) is 2.96. The summed E-state index contributed by atoms with van der Waals surface area (Å²) in [5.41, 5.74) is 2.15. The van der Waals surface area contributed by atoms with E-state index in [0.717, 1.165) is 48.0 Å². The number of hydrogen-bond donors (Lipinski definition) is 1. The molecule has 7 nitrogen and oxygen atoms in total. The number of thioether (sulfide) groups is 1. The molecule has 0 spiro atoms. The van der Waals surface area contributed by atoms with Crippen molar-refractivity contribution >= 4 is 39.2 Å². The summed E-state index contributed by atoms with van der Waals surface area (Å²) in [6.07, 6.45) is 3.63. The summed E-state index contributed by atoms with van der Waals surface area (Å²) in [5, 5.41) is 0.504. The number of pyridine rings is 1. The van der Waals surface area contributed by atoms with Gasteiger partial charge in [0.05, 0.1) is 16.4 Å². The summed E-state index contributed by atoms with van der Waals surface area (Å²) < 4.78 is 0. The van der Waals surface area contributed by atoms with Crippen LogP contribution in [0.4, 0.5) is 0 Å². The number of piperazine rings is 1. The van der Waals surface area contributed by atoms with Crippen LogP contribution in [0.5, 0.6) is 0 Å². The number of carbonyl (C=O) groups excluding carboxylic acids is 1. The zero-order valence-electron chi connectivity index (χ0n) is 18.1. The van der Waals surface area contributed by atoms with Gasteiger partial charge in [-0.25, -0.2) is 4.98 Å². The van der Waals surface area contributed by atoms with E-state index in [1.807, 2.05) is 50.2 Å². The third kappa shape index (κ3) is 4.99. The first-order chi connectivity index (χ1) is 14.9. The number of carbonyl (C=O) groups is 1. The second-order valence-corrected chi connectivity index (χ2v) is 10.4. The fourth-order valence-electron chi connectivity index (χ4n) is 3.77. The predicted molar refractivity (Wildman–Crippen MR) is 127 cm³/mol. The zero-order valence-corrected chi connectivity index (χ0v) is 19.7. The van der Waals surface area contributed by atoms with Crippen LogP contribution in [-0.2, 0) is 17.1 Å². The van der Waals surface area contributed by atoms with Gasteiger partial charge in [-0.05, 0) is 44.0 Å². The first-order valence-electron chi connectivity index (χ1n) is 10.4. The van der Waals surface area contributed by atoms with Crippen molar-refractivity contribution in [3.63, 3.8) is 0 Å². The minimum absolute atomic E-state index is 0.0910. The number of aromatic nitrogens is 3. The maximum Gasteiger partial charge on any atom is 0.259 e. The molecule has 0 aliphatic carbocycles. The molecule has 4 heterocycles. The normalized spacial score (nSPS) is 16.0. The van der Waals surface area contributed by atoms with E-state index in [0.29, 0.717) is 17.0 Å². The van der Waals surface area contributed by atoms with Gasteiger partial charge < -0.3 is 9.88 Å². The van der Waals surface area contributed by atoms with Crippen molar-refractivity contribution in [2.75, 3.05) is 26.2 Å². The Hall–Kier alpha value is -2.23. The Labute approximate surface area is 189 Å². The van der Waals surface area contributed by atoms with E-state index in [-0.39, 0.29) is 16.7 Å². The Bertz CT molecular complexity index is 1120. The maximum atomic E-state index is 12.9. The molecule has 4 rings (SSSR count). The minimum Gasteiger partial charge on any atom is -0.339 e. The van der Waals surface area contributed by atoms with Gasteiger partial charge in [0.15, 0.2) is 0 Å². The van der Waals surface area contributed by atoms with E-state index < -0.39 is 0 Å². The van der Waals surface area contributed by atoms with E-state index in [9.17, 15) is 9.59 Å². The van der Waals surface area contributed by atoms with Crippen molar-refractivity contribution in [1.82, 2.24) is 24.8 Å². The number of thiophene rings is 1. The van der Waals surface area contributed by atoms with Gasteiger partial charge in [0.25, 0.3) is 5.56 Å². The van der Waals surface area contributed by atoms with Gasteiger partial charge >= 0.3 is 0 Å². The summed E-state index contributed by atoms with van der Waals surface area (Å²) in [6, 6.07) is 4.07. The van der Waals surface area contributed by atoms with Gasteiger partial charge in [-0.15, -0.1) is 23.1 Å². The Morgan fingerprint density at radius 1 is 1.23 bits per heavy atom. The second-order valence-electron chi connectivity index (χ2n) is 7.89. The Kier molecular flexibility index (Phi) is 6.74. The largest absolute Gasteiger partial charge is 0.339 e. The lowest BCUT2D eigenvalue weighted by molar-refractivity contribution is -0.132. The molecule has 3 aromatic heterocycles. The van der Waals surface area contributed by atoms with Crippen LogP contribution in [0.2, 0.25) is 0 Å². The fraction of sp³-hybridized carbons (Fsp3) is 0.455. The van der Waals surface area contributed by atoms with Crippen molar-refractivity contribution in [2.24, 2.45) is 0 Å². The molecule has 0 saturated carbocycles. The van der Waals surface area contributed by atoms with Gasteiger partial charge in [0.1, 0.15) is 10.7 Å². The van der Waals surface area contributed by atoms with Crippen LogP contribution in [0, 0.1) is 13.8 Å². The third-order valence-electron chi connectivity index (χ3n) is 5.75. The molecule has 164 valence electrons. The SMILES string of the molecule is Cc1sc2nc(CSC(C)C(=O)N3CCN(Cc4ccncc4)CC3)[nH]c(=O)c2c1C. The number of H-pyrrole nitrogens is 1. The van der Waals surface area contributed by atoms with Crippen molar-refractivity contribution in [3.05, 3.63) is 56.7 Å². The summed E-state index contributed by atoms with van der Waals surface area (Å²) >= 11 is 3.07. The van der Waals surface area contributed by atoms with E-state index in [2.05, 4.69) is 19.9 Å². The van der Waals surface area contributed by atoms with E-state index in [1.165, 1.54) is 17.3 Å². The molecule has 1 aliphatic rings. The number of aromatic amines is 1. The molecule has 31 heavy (non-hydrogen) atoms. The number of hydrogen-bond acceptors (Lipinski definition) is 7. The van der Waals surface area contributed by atoms with Gasteiger partial charge in [-0.3, -0.25) is 19.5 Å². The molecule has 1 N–H and O–H groups in total. The molecular weight excluding hydrogens is 430 g/mol. The Balaban J connectivity index is 1.30. The molecule has 1 unspecified atom stereocenters. The van der Waals surface area contributed by atoms with Crippen molar-refractivity contribution < 1.29 is 4.79 Å². The maximum absolute atomic E-state index is 12.9. The molecule has 1 amide bonds. The number of fused-ring (bicyclic) bond motifs is 1. The summed E-state index contributed by atoms with van der Waals surface area (Å²) in [4.78, 5) is 43.1. The molecule has 1 saturated heterocycles. The van der Waals surface area contributed by atoms with Crippen LogP contribution in [0.3, 0.4) is 0 Å². The molecule has 0 aromatic carbocycles. The quantitative estimate of drug-likeness (QED) is 0.613. The van der Waals surface area contributed by atoms with E-state index in [1.54, 1.807) is 11.3 Å². The first-order valence-corrected chi connectivity index (χ1v) is 12.3. The van der Waals surface area contributed by atoms with E-state index in [4.69, 9.17) is 0 Å². The number of amides is 1. The average molecular weight is 458 g/mol. The lowest BCUT2D eigenvalue weighted by Crippen LogP contribution is -2.50. The second kappa shape index (κ2) is 9.50. The zero-order chi connectivity index (χ0) is 22.0. The lowest BCUT2D eigenvalue weighted by Gasteiger charge is -2.35.